The van der Waals surface area contributed by atoms with Gasteiger partial charge in [-0.15, -0.1) is 0 Å². The summed E-state index contributed by atoms with van der Waals surface area (Å²) in [5, 5.41) is 2.56. The fraction of sp³-hybridized carbons (Fsp3) is 0.188. The molecule has 0 bridgehead atoms. The molecular formula is C16H14F3NO2. The Hall–Kier alpha value is -2.50. The van der Waals surface area contributed by atoms with Gasteiger partial charge in [-0.3, -0.25) is 4.79 Å². The van der Waals surface area contributed by atoms with Crippen LogP contribution >= 0.6 is 0 Å². The van der Waals surface area contributed by atoms with Gasteiger partial charge >= 0.3 is 0 Å². The maximum atomic E-state index is 13.2. The molecule has 3 nitrogen and oxygen atoms in total. The van der Waals surface area contributed by atoms with Crippen molar-refractivity contribution in [3.8, 4) is 5.75 Å². The van der Waals surface area contributed by atoms with Gasteiger partial charge in [-0.05, 0) is 48.4 Å². The van der Waals surface area contributed by atoms with E-state index in [1.165, 1.54) is 31.4 Å². The minimum atomic E-state index is -1.08. The monoisotopic (exact) mass is 309 g/mol. The third kappa shape index (κ3) is 3.78. The first-order chi connectivity index (χ1) is 10.5. The topological polar surface area (TPSA) is 38.3 Å². The highest BCUT2D eigenvalue weighted by Crippen LogP contribution is 2.19. The molecule has 0 saturated heterocycles. The maximum absolute atomic E-state index is 13.2. The number of methoxy groups -OCH3 is 1. The number of benzene rings is 2. The second kappa shape index (κ2) is 6.98. The largest absolute Gasteiger partial charge is 0.496 e. The van der Waals surface area contributed by atoms with E-state index in [-0.39, 0.29) is 12.1 Å². The Labute approximate surface area is 125 Å². The number of halogens is 3. The van der Waals surface area contributed by atoms with E-state index < -0.39 is 23.4 Å². The van der Waals surface area contributed by atoms with Crippen LogP contribution in [0.5, 0.6) is 5.75 Å². The Morgan fingerprint density at radius 2 is 1.86 bits per heavy atom. The van der Waals surface area contributed by atoms with E-state index in [4.69, 9.17) is 4.74 Å². The SMILES string of the molecule is COc1ccc(F)cc1CCNC(=O)c1ccc(F)c(F)c1. The van der Waals surface area contributed by atoms with Crippen LogP contribution in [0.2, 0.25) is 0 Å². The molecule has 6 heteroatoms. The Morgan fingerprint density at radius 3 is 2.55 bits per heavy atom. The van der Waals surface area contributed by atoms with Gasteiger partial charge in [0.2, 0.25) is 0 Å². The fourth-order valence-corrected chi connectivity index (χ4v) is 1.99. The van der Waals surface area contributed by atoms with Gasteiger partial charge in [0.1, 0.15) is 11.6 Å². The molecular weight excluding hydrogens is 295 g/mol. The van der Waals surface area contributed by atoms with E-state index >= 15 is 0 Å². The lowest BCUT2D eigenvalue weighted by Crippen LogP contribution is -2.26. The minimum absolute atomic E-state index is 0.0186. The molecule has 1 N–H and O–H groups in total. The molecule has 22 heavy (non-hydrogen) atoms. The summed E-state index contributed by atoms with van der Waals surface area (Å²) in [7, 11) is 1.47. The summed E-state index contributed by atoms with van der Waals surface area (Å²) in [5.41, 5.74) is 0.623. The molecule has 116 valence electrons. The molecule has 0 saturated carbocycles. The van der Waals surface area contributed by atoms with Crippen LogP contribution in [0.1, 0.15) is 15.9 Å². The number of ether oxygens (including phenoxy) is 1. The molecule has 2 aromatic rings. The second-order valence-electron chi connectivity index (χ2n) is 4.59. The van der Waals surface area contributed by atoms with E-state index in [2.05, 4.69) is 5.32 Å². The lowest BCUT2D eigenvalue weighted by molar-refractivity contribution is 0.0953. The summed E-state index contributed by atoms with van der Waals surface area (Å²) in [6.07, 6.45) is 0.344. The molecule has 2 aromatic carbocycles. The zero-order valence-corrected chi connectivity index (χ0v) is 11.8. The lowest BCUT2D eigenvalue weighted by atomic mass is 10.1. The Bertz CT molecular complexity index is 689. The van der Waals surface area contributed by atoms with Crippen LogP contribution in [0.3, 0.4) is 0 Å². The predicted molar refractivity (Wildman–Crippen MR) is 75.3 cm³/mol. The number of amides is 1. The third-order valence-electron chi connectivity index (χ3n) is 3.10. The average Bonchev–Trinajstić information content (AvgIpc) is 2.50. The first-order valence-electron chi connectivity index (χ1n) is 6.57. The molecule has 0 unspecified atom stereocenters. The van der Waals surface area contributed by atoms with Gasteiger partial charge in [-0.2, -0.15) is 0 Å². The highest BCUT2D eigenvalue weighted by Gasteiger charge is 2.10. The van der Waals surface area contributed by atoms with Gasteiger partial charge in [0.05, 0.1) is 7.11 Å². The number of hydrogen-bond acceptors (Lipinski definition) is 2. The molecule has 0 aliphatic heterocycles. The molecule has 0 spiro atoms. The highest BCUT2D eigenvalue weighted by atomic mass is 19.2. The molecule has 0 radical (unpaired) electrons. The van der Waals surface area contributed by atoms with Crippen molar-refractivity contribution >= 4 is 5.91 Å². The number of carbonyl (C=O) groups excluding carboxylic acids is 1. The van der Waals surface area contributed by atoms with Crippen molar-refractivity contribution in [2.75, 3.05) is 13.7 Å². The van der Waals surface area contributed by atoms with Crippen molar-refractivity contribution in [1.29, 1.82) is 0 Å². The van der Waals surface area contributed by atoms with Gasteiger partial charge < -0.3 is 10.1 Å². The van der Waals surface area contributed by atoms with Crippen LogP contribution in [0.15, 0.2) is 36.4 Å². The number of nitrogens with one attached hydrogen (secondary N) is 1. The minimum Gasteiger partial charge on any atom is -0.496 e. The van der Waals surface area contributed by atoms with Crippen molar-refractivity contribution in [1.82, 2.24) is 5.32 Å². The van der Waals surface area contributed by atoms with Crippen molar-refractivity contribution in [2.45, 2.75) is 6.42 Å². The Kier molecular flexibility index (Phi) is 5.04. The van der Waals surface area contributed by atoms with Crippen molar-refractivity contribution < 1.29 is 22.7 Å². The summed E-state index contributed by atoms with van der Waals surface area (Å²) >= 11 is 0. The van der Waals surface area contributed by atoms with Crippen LogP contribution < -0.4 is 10.1 Å². The maximum Gasteiger partial charge on any atom is 0.251 e. The average molecular weight is 309 g/mol. The summed E-state index contributed by atoms with van der Waals surface area (Å²) in [6, 6.07) is 7.01. The second-order valence-corrected chi connectivity index (χ2v) is 4.59. The van der Waals surface area contributed by atoms with Gasteiger partial charge in [-0.25, -0.2) is 13.2 Å². The predicted octanol–water partition coefficient (Wildman–Crippen LogP) is 3.09. The number of carbonyl (C=O) groups is 1. The third-order valence-corrected chi connectivity index (χ3v) is 3.10. The molecule has 0 heterocycles. The summed E-state index contributed by atoms with van der Waals surface area (Å²) < 4.78 is 44.2. The van der Waals surface area contributed by atoms with Crippen LogP contribution in [0.25, 0.3) is 0 Å². The van der Waals surface area contributed by atoms with Crippen LogP contribution in [-0.4, -0.2) is 19.6 Å². The molecule has 0 aliphatic carbocycles. The molecule has 0 aromatic heterocycles. The summed E-state index contributed by atoms with van der Waals surface area (Å²) in [5.74, 6) is -2.51. The summed E-state index contributed by atoms with van der Waals surface area (Å²) in [6.45, 7) is 0.206. The molecule has 0 atom stereocenters. The van der Waals surface area contributed by atoms with Crippen molar-refractivity contribution in [2.24, 2.45) is 0 Å². The number of hydrogen-bond donors (Lipinski definition) is 1. The van der Waals surface area contributed by atoms with Crippen LogP contribution in [0.4, 0.5) is 13.2 Å². The smallest absolute Gasteiger partial charge is 0.251 e. The van der Waals surface area contributed by atoms with Crippen molar-refractivity contribution in [3.63, 3.8) is 0 Å². The van der Waals surface area contributed by atoms with E-state index in [9.17, 15) is 18.0 Å². The zero-order valence-electron chi connectivity index (χ0n) is 11.8. The molecule has 1 amide bonds. The quantitative estimate of drug-likeness (QED) is 0.922. The fourth-order valence-electron chi connectivity index (χ4n) is 1.99. The number of rotatable bonds is 5. The first kappa shape index (κ1) is 15.9. The van der Waals surface area contributed by atoms with Gasteiger partial charge in [-0.1, -0.05) is 0 Å². The molecule has 2 rings (SSSR count). The van der Waals surface area contributed by atoms with E-state index in [0.29, 0.717) is 17.7 Å². The van der Waals surface area contributed by atoms with Gasteiger partial charge in [0.25, 0.3) is 5.91 Å². The van der Waals surface area contributed by atoms with E-state index in [1.54, 1.807) is 0 Å². The van der Waals surface area contributed by atoms with Crippen LogP contribution in [-0.2, 0) is 6.42 Å². The van der Waals surface area contributed by atoms with E-state index in [1.807, 2.05) is 0 Å². The Morgan fingerprint density at radius 1 is 1.09 bits per heavy atom. The summed E-state index contributed by atoms with van der Waals surface area (Å²) in [4.78, 5) is 11.8. The zero-order chi connectivity index (χ0) is 16.1. The van der Waals surface area contributed by atoms with Crippen LogP contribution in [0, 0.1) is 17.5 Å². The normalized spacial score (nSPS) is 10.4. The van der Waals surface area contributed by atoms with Gasteiger partial charge in [0, 0.05) is 12.1 Å². The van der Waals surface area contributed by atoms with Gasteiger partial charge in [0.15, 0.2) is 11.6 Å². The molecule has 0 fully saturated rings. The standard InChI is InChI=1S/C16H14F3NO2/c1-22-15-5-3-12(17)8-10(15)6-7-20-16(21)11-2-4-13(18)14(19)9-11/h2-5,8-9H,6-7H2,1H3,(H,20,21). The highest BCUT2D eigenvalue weighted by molar-refractivity contribution is 5.94. The first-order valence-corrected chi connectivity index (χ1v) is 6.57. The van der Waals surface area contributed by atoms with Crippen molar-refractivity contribution in [3.05, 3.63) is 65.0 Å². The van der Waals surface area contributed by atoms with E-state index in [0.717, 1.165) is 12.1 Å². The lowest BCUT2D eigenvalue weighted by Gasteiger charge is -2.09. The Balaban J connectivity index is 1.97. The molecule has 0 aliphatic rings.